The summed E-state index contributed by atoms with van der Waals surface area (Å²) < 4.78 is 0. The molecule has 3 aliphatic rings. The lowest BCUT2D eigenvalue weighted by Crippen LogP contribution is -2.61. The third-order valence-corrected chi connectivity index (χ3v) is 4.75. The second kappa shape index (κ2) is 4.00. The molecule has 90 valence electrons. The fourth-order valence-corrected chi connectivity index (χ4v) is 4.02. The molecule has 2 saturated carbocycles. The molecule has 0 aromatic rings. The van der Waals surface area contributed by atoms with Crippen molar-refractivity contribution in [2.24, 2.45) is 17.8 Å². The Balaban J connectivity index is 1.74. The molecule has 0 aromatic heterocycles. The topological polar surface area (TPSA) is 61.4 Å². The minimum Gasteiger partial charge on any atom is -0.481 e. The molecule has 1 heterocycles. The maximum atomic E-state index is 11.1. The molecule has 1 saturated heterocycles. The Kier molecular flexibility index (Phi) is 2.64. The lowest BCUT2D eigenvalue weighted by atomic mass is 9.74. The third kappa shape index (κ3) is 1.64. The molecule has 5 atom stereocenters. The van der Waals surface area contributed by atoms with E-state index >= 15 is 0 Å². The van der Waals surface area contributed by atoms with Gasteiger partial charge in [0.15, 0.2) is 0 Å². The smallest absolute Gasteiger partial charge is 0.306 e. The number of nitrogens with one attached hydrogen (secondary N) is 2. The van der Waals surface area contributed by atoms with Crippen LogP contribution in [-0.2, 0) is 4.79 Å². The fourth-order valence-electron chi connectivity index (χ4n) is 4.02. The summed E-state index contributed by atoms with van der Waals surface area (Å²) in [4.78, 5) is 11.1. The van der Waals surface area contributed by atoms with Gasteiger partial charge in [0.25, 0.3) is 0 Å². The molecule has 3 fully saturated rings. The summed E-state index contributed by atoms with van der Waals surface area (Å²) in [5.74, 6) is 0.564. The monoisotopic (exact) mass is 224 g/mol. The highest BCUT2D eigenvalue weighted by atomic mass is 16.4. The van der Waals surface area contributed by atoms with Gasteiger partial charge in [-0.05, 0) is 37.5 Å². The molecule has 5 unspecified atom stereocenters. The maximum Gasteiger partial charge on any atom is 0.306 e. The minimum absolute atomic E-state index is 0.0857. The van der Waals surface area contributed by atoms with Crippen LogP contribution >= 0.6 is 0 Å². The van der Waals surface area contributed by atoms with Gasteiger partial charge in [-0.1, -0.05) is 0 Å². The zero-order valence-corrected chi connectivity index (χ0v) is 9.48. The number of carbonyl (C=O) groups is 1. The van der Waals surface area contributed by atoms with E-state index in [1.54, 1.807) is 0 Å². The normalized spacial score (nSPS) is 47.1. The Morgan fingerprint density at radius 1 is 1.12 bits per heavy atom. The van der Waals surface area contributed by atoms with E-state index in [0.29, 0.717) is 23.9 Å². The molecule has 3 rings (SSSR count). The Morgan fingerprint density at radius 2 is 1.94 bits per heavy atom. The predicted octanol–water partition coefficient (Wildman–Crippen LogP) is 0.437. The van der Waals surface area contributed by atoms with E-state index < -0.39 is 5.97 Å². The second-order valence-electron chi connectivity index (χ2n) is 5.55. The van der Waals surface area contributed by atoms with Crippen molar-refractivity contribution >= 4 is 5.97 Å². The highest BCUT2D eigenvalue weighted by molar-refractivity contribution is 5.70. The van der Waals surface area contributed by atoms with Crippen LogP contribution in [0.25, 0.3) is 0 Å². The van der Waals surface area contributed by atoms with Gasteiger partial charge in [-0.25, -0.2) is 0 Å². The standard InChI is InChI=1S/C12H20N2O2/c15-12(16)8-5-7-1-2-10-11(9(7)6-8)14-4-3-13-10/h7-11,13-14H,1-6H2,(H,15,16). The minimum atomic E-state index is -0.588. The highest BCUT2D eigenvalue weighted by Gasteiger charge is 2.47. The highest BCUT2D eigenvalue weighted by Crippen LogP contribution is 2.45. The molecule has 0 aromatic carbocycles. The molecule has 0 radical (unpaired) electrons. The Bertz CT molecular complexity index is 295. The summed E-state index contributed by atoms with van der Waals surface area (Å²) >= 11 is 0. The van der Waals surface area contributed by atoms with Gasteiger partial charge in [0.2, 0.25) is 0 Å². The summed E-state index contributed by atoms with van der Waals surface area (Å²) in [5.41, 5.74) is 0. The van der Waals surface area contributed by atoms with Gasteiger partial charge in [-0.3, -0.25) is 4.79 Å². The van der Waals surface area contributed by atoms with Crippen molar-refractivity contribution in [1.29, 1.82) is 0 Å². The summed E-state index contributed by atoms with van der Waals surface area (Å²) in [5, 5.41) is 16.3. The molecule has 2 aliphatic carbocycles. The van der Waals surface area contributed by atoms with Gasteiger partial charge in [-0.2, -0.15) is 0 Å². The van der Waals surface area contributed by atoms with Crippen molar-refractivity contribution < 1.29 is 9.90 Å². The number of fused-ring (bicyclic) bond motifs is 3. The first-order valence-electron chi connectivity index (χ1n) is 6.45. The average molecular weight is 224 g/mol. The zero-order valence-electron chi connectivity index (χ0n) is 9.48. The number of carboxylic acids is 1. The number of hydrogen-bond acceptors (Lipinski definition) is 3. The molecule has 4 nitrogen and oxygen atoms in total. The van der Waals surface area contributed by atoms with E-state index in [1.807, 2.05) is 0 Å². The Hall–Kier alpha value is -0.610. The third-order valence-electron chi connectivity index (χ3n) is 4.75. The van der Waals surface area contributed by atoms with Crippen LogP contribution in [0.15, 0.2) is 0 Å². The van der Waals surface area contributed by atoms with Crippen LogP contribution in [0.2, 0.25) is 0 Å². The summed E-state index contributed by atoms with van der Waals surface area (Å²) in [6.45, 7) is 2.09. The second-order valence-corrected chi connectivity index (χ2v) is 5.55. The van der Waals surface area contributed by atoms with E-state index in [9.17, 15) is 4.79 Å². The van der Waals surface area contributed by atoms with Crippen LogP contribution in [0.3, 0.4) is 0 Å². The quantitative estimate of drug-likeness (QED) is 0.605. The van der Waals surface area contributed by atoms with Crippen molar-refractivity contribution in [3.8, 4) is 0 Å². The maximum absolute atomic E-state index is 11.1. The van der Waals surface area contributed by atoms with E-state index in [4.69, 9.17) is 5.11 Å². The van der Waals surface area contributed by atoms with Crippen molar-refractivity contribution in [3.05, 3.63) is 0 Å². The number of aliphatic carboxylic acids is 1. The number of rotatable bonds is 1. The first-order chi connectivity index (χ1) is 7.75. The first kappa shape index (κ1) is 10.5. The molecule has 0 bridgehead atoms. The predicted molar refractivity (Wildman–Crippen MR) is 60.2 cm³/mol. The number of carboxylic acid groups (broad SMARTS) is 1. The number of piperazine rings is 1. The van der Waals surface area contributed by atoms with Crippen LogP contribution in [0, 0.1) is 17.8 Å². The lowest BCUT2D eigenvalue weighted by molar-refractivity contribution is -0.141. The van der Waals surface area contributed by atoms with Crippen molar-refractivity contribution in [3.63, 3.8) is 0 Å². The zero-order chi connectivity index (χ0) is 11.1. The van der Waals surface area contributed by atoms with Gasteiger partial charge in [0, 0.05) is 25.2 Å². The first-order valence-corrected chi connectivity index (χ1v) is 6.45. The summed E-state index contributed by atoms with van der Waals surface area (Å²) in [6.07, 6.45) is 4.22. The van der Waals surface area contributed by atoms with Gasteiger partial charge >= 0.3 is 5.97 Å². The van der Waals surface area contributed by atoms with Crippen LogP contribution < -0.4 is 10.6 Å². The van der Waals surface area contributed by atoms with Crippen molar-refractivity contribution in [1.82, 2.24) is 10.6 Å². The SMILES string of the molecule is O=C(O)C1CC2CCC3NCCNC3C2C1. The molecular weight excluding hydrogens is 204 g/mol. The molecular formula is C12H20N2O2. The Labute approximate surface area is 95.8 Å². The van der Waals surface area contributed by atoms with E-state index in [1.165, 1.54) is 12.8 Å². The lowest BCUT2D eigenvalue weighted by Gasteiger charge is -2.44. The van der Waals surface area contributed by atoms with Crippen LogP contribution in [0.4, 0.5) is 0 Å². The van der Waals surface area contributed by atoms with Gasteiger partial charge in [0.1, 0.15) is 0 Å². The fraction of sp³-hybridized carbons (Fsp3) is 0.917. The molecule has 4 heteroatoms. The average Bonchev–Trinajstić information content (AvgIpc) is 2.73. The molecule has 1 aliphatic heterocycles. The van der Waals surface area contributed by atoms with Crippen molar-refractivity contribution in [2.75, 3.05) is 13.1 Å². The summed E-state index contributed by atoms with van der Waals surface area (Å²) in [6, 6.07) is 1.11. The van der Waals surface area contributed by atoms with Crippen LogP contribution in [0.5, 0.6) is 0 Å². The molecule has 0 spiro atoms. The van der Waals surface area contributed by atoms with E-state index in [0.717, 1.165) is 25.9 Å². The van der Waals surface area contributed by atoms with Crippen molar-refractivity contribution in [2.45, 2.75) is 37.8 Å². The molecule has 16 heavy (non-hydrogen) atoms. The van der Waals surface area contributed by atoms with Gasteiger partial charge in [0.05, 0.1) is 5.92 Å². The Morgan fingerprint density at radius 3 is 2.75 bits per heavy atom. The van der Waals surface area contributed by atoms with Gasteiger partial charge < -0.3 is 15.7 Å². The van der Waals surface area contributed by atoms with Gasteiger partial charge in [-0.15, -0.1) is 0 Å². The van der Waals surface area contributed by atoms with E-state index in [2.05, 4.69) is 10.6 Å². The number of hydrogen-bond donors (Lipinski definition) is 3. The molecule has 0 amide bonds. The largest absolute Gasteiger partial charge is 0.481 e. The summed E-state index contributed by atoms with van der Waals surface area (Å²) in [7, 11) is 0. The van der Waals surface area contributed by atoms with Crippen LogP contribution in [-0.4, -0.2) is 36.2 Å². The van der Waals surface area contributed by atoms with Crippen LogP contribution in [0.1, 0.15) is 25.7 Å². The molecule has 3 N–H and O–H groups in total. The van der Waals surface area contributed by atoms with E-state index in [-0.39, 0.29) is 5.92 Å².